The first kappa shape index (κ1) is 9.41. The molecule has 1 atom stereocenters. The van der Waals surface area contributed by atoms with E-state index in [4.69, 9.17) is 5.26 Å². The van der Waals surface area contributed by atoms with E-state index in [0.29, 0.717) is 5.92 Å². The Bertz CT molecular complexity index is 468. The lowest BCUT2D eigenvalue weighted by atomic mass is 10.1. The number of hydrogen-bond donors (Lipinski definition) is 1. The maximum Gasteiger partial charge on any atom is 0.227 e. The minimum atomic E-state index is -0.509. The van der Waals surface area contributed by atoms with Crippen molar-refractivity contribution in [2.24, 2.45) is 11.3 Å². The van der Waals surface area contributed by atoms with Crippen LogP contribution in [0.3, 0.4) is 0 Å². The van der Waals surface area contributed by atoms with Crippen molar-refractivity contribution in [1.82, 2.24) is 5.32 Å². The second-order valence-corrected chi connectivity index (χ2v) is 4.71. The highest BCUT2D eigenvalue weighted by Gasteiger charge is 2.74. The molecule has 0 saturated heterocycles. The molecule has 1 unspecified atom stereocenters. The van der Waals surface area contributed by atoms with Crippen LogP contribution in [0.4, 0.5) is 0 Å². The fourth-order valence-electron chi connectivity index (χ4n) is 2.18. The first-order valence-electron chi connectivity index (χ1n) is 5.52. The number of amides is 1. The molecule has 3 rings (SSSR count). The van der Waals surface area contributed by atoms with Crippen molar-refractivity contribution in [2.75, 3.05) is 0 Å². The Hall–Kier alpha value is -1.82. The van der Waals surface area contributed by atoms with E-state index in [0.717, 1.165) is 18.4 Å². The minimum absolute atomic E-state index is 0.0629. The third kappa shape index (κ3) is 1.30. The van der Waals surface area contributed by atoms with Crippen LogP contribution in [0.2, 0.25) is 0 Å². The number of hydrogen-bond acceptors (Lipinski definition) is 2. The first-order valence-corrected chi connectivity index (χ1v) is 5.52. The van der Waals surface area contributed by atoms with E-state index < -0.39 is 6.04 Å². The molecule has 0 aromatic heterocycles. The Morgan fingerprint density at radius 3 is 2.56 bits per heavy atom. The van der Waals surface area contributed by atoms with Crippen LogP contribution in [0.5, 0.6) is 0 Å². The second-order valence-electron chi connectivity index (χ2n) is 4.71. The van der Waals surface area contributed by atoms with Gasteiger partial charge in [0, 0.05) is 0 Å². The van der Waals surface area contributed by atoms with Crippen LogP contribution in [0.25, 0.3) is 0 Å². The largest absolute Gasteiger partial charge is 0.336 e. The van der Waals surface area contributed by atoms with Gasteiger partial charge < -0.3 is 5.32 Å². The van der Waals surface area contributed by atoms with Gasteiger partial charge in [0.15, 0.2) is 0 Å². The molecule has 2 aliphatic carbocycles. The molecule has 1 amide bonds. The van der Waals surface area contributed by atoms with E-state index in [2.05, 4.69) is 11.4 Å². The zero-order valence-electron chi connectivity index (χ0n) is 8.81. The molecule has 1 N–H and O–H groups in total. The van der Waals surface area contributed by atoms with Crippen molar-refractivity contribution in [3.8, 4) is 6.07 Å². The van der Waals surface area contributed by atoms with E-state index in [1.165, 1.54) is 0 Å². The van der Waals surface area contributed by atoms with Crippen LogP contribution in [0, 0.1) is 22.7 Å². The Labute approximate surface area is 94.1 Å². The van der Waals surface area contributed by atoms with Crippen molar-refractivity contribution >= 4 is 5.91 Å². The molecule has 3 heteroatoms. The predicted molar refractivity (Wildman–Crippen MR) is 58.1 cm³/mol. The first-order chi connectivity index (χ1) is 7.76. The van der Waals surface area contributed by atoms with Crippen LogP contribution in [-0.2, 0) is 4.79 Å². The summed E-state index contributed by atoms with van der Waals surface area (Å²) in [7, 11) is 0. The zero-order chi connectivity index (χ0) is 11.2. The summed E-state index contributed by atoms with van der Waals surface area (Å²) >= 11 is 0. The lowest BCUT2D eigenvalue weighted by Crippen LogP contribution is -2.31. The van der Waals surface area contributed by atoms with Crippen molar-refractivity contribution in [2.45, 2.75) is 18.9 Å². The monoisotopic (exact) mass is 212 g/mol. The van der Waals surface area contributed by atoms with E-state index in [1.807, 2.05) is 30.3 Å². The van der Waals surface area contributed by atoms with E-state index in [-0.39, 0.29) is 11.3 Å². The van der Waals surface area contributed by atoms with E-state index in [9.17, 15) is 4.79 Å². The number of nitrogens with one attached hydrogen (secondary N) is 1. The standard InChI is InChI=1S/C13H12N2O/c14-8-11(9-4-2-1-3-5-9)15-12(16)13-6-10(13)7-13/h1-5,10-11H,6-7H2,(H,15,16). The fraction of sp³-hybridized carbons (Fsp3) is 0.385. The average Bonchev–Trinajstić information content (AvgIpc) is 3.15. The molecule has 0 spiro atoms. The molecular formula is C13H12N2O. The van der Waals surface area contributed by atoms with Gasteiger partial charge in [-0.3, -0.25) is 4.79 Å². The third-order valence-corrected chi connectivity index (χ3v) is 3.67. The van der Waals surface area contributed by atoms with Gasteiger partial charge in [0.05, 0.1) is 11.5 Å². The molecule has 3 nitrogen and oxygen atoms in total. The molecule has 0 heterocycles. The number of nitriles is 1. The third-order valence-electron chi connectivity index (χ3n) is 3.67. The van der Waals surface area contributed by atoms with Crippen molar-refractivity contribution < 1.29 is 4.79 Å². The molecular weight excluding hydrogens is 200 g/mol. The number of carbonyl (C=O) groups is 1. The normalized spacial score (nSPS) is 30.8. The van der Waals surface area contributed by atoms with Gasteiger partial charge in [-0.2, -0.15) is 5.26 Å². The minimum Gasteiger partial charge on any atom is -0.336 e. The van der Waals surface area contributed by atoms with Gasteiger partial charge in [0.25, 0.3) is 0 Å². The molecule has 80 valence electrons. The van der Waals surface area contributed by atoms with E-state index in [1.54, 1.807) is 0 Å². The molecule has 0 radical (unpaired) electrons. The van der Waals surface area contributed by atoms with Gasteiger partial charge in [-0.05, 0) is 24.3 Å². The highest BCUT2D eigenvalue weighted by molar-refractivity contribution is 5.90. The maximum atomic E-state index is 11.8. The summed E-state index contributed by atoms with van der Waals surface area (Å²) in [6.07, 6.45) is 2.04. The van der Waals surface area contributed by atoms with Crippen LogP contribution >= 0.6 is 0 Å². The molecule has 2 fully saturated rings. The Balaban J connectivity index is 1.72. The molecule has 2 saturated carbocycles. The SMILES string of the molecule is N#CC(NC(=O)C12CC1C2)c1ccccc1. The van der Waals surface area contributed by atoms with Crippen molar-refractivity contribution in [3.63, 3.8) is 0 Å². The molecule has 0 aliphatic heterocycles. The lowest BCUT2D eigenvalue weighted by molar-refractivity contribution is -0.124. The molecule has 16 heavy (non-hydrogen) atoms. The highest BCUT2D eigenvalue weighted by Crippen LogP contribution is 2.75. The Kier molecular flexibility index (Phi) is 1.81. The summed E-state index contributed by atoms with van der Waals surface area (Å²) in [5, 5.41) is 11.9. The van der Waals surface area contributed by atoms with Crippen LogP contribution in [0.15, 0.2) is 30.3 Å². The van der Waals surface area contributed by atoms with Crippen LogP contribution < -0.4 is 5.32 Å². The molecule has 2 aliphatic rings. The maximum absolute atomic E-state index is 11.8. The Morgan fingerprint density at radius 2 is 2.06 bits per heavy atom. The van der Waals surface area contributed by atoms with Gasteiger partial charge in [-0.1, -0.05) is 30.3 Å². The lowest BCUT2D eigenvalue weighted by Gasteiger charge is -2.13. The second kappa shape index (κ2) is 3.08. The molecule has 0 bridgehead atoms. The number of fused-ring (bicyclic) bond motifs is 1. The summed E-state index contributed by atoms with van der Waals surface area (Å²) in [6, 6.07) is 11.0. The number of carbonyl (C=O) groups excluding carboxylic acids is 1. The van der Waals surface area contributed by atoms with Crippen LogP contribution in [0.1, 0.15) is 24.4 Å². The fourth-order valence-corrected chi connectivity index (χ4v) is 2.18. The summed E-state index contributed by atoms with van der Waals surface area (Å²) in [6.45, 7) is 0. The summed E-state index contributed by atoms with van der Waals surface area (Å²) < 4.78 is 0. The van der Waals surface area contributed by atoms with Gasteiger partial charge in [-0.15, -0.1) is 0 Å². The summed E-state index contributed by atoms with van der Waals surface area (Å²) in [5.74, 6) is 0.676. The predicted octanol–water partition coefficient (Wildman–Crippen LogP) is 1.78. The number of benzene rings is 1. The highest BCUT2D eigenvalue weighted by atomic mass is 16.2. The van der Waals surface area contributed by atoms with Crippen molar-refractivity contribution in [3.05, 3.63) is 35.9 Å². The molecule has 1 aromatic carbocycles. The quantitative estimate of drug-likeness (QED) is 0.830. The summed E-state index contributed by atoms with van der Waals surface area (Å²) in [4.78, 5) is 11.8. The molecule has 1 aromatic rings. The van der Waals surface area contributed by atoms with Crippen molar-refractivity contribution in [1.29, 1.82) is 5.26 Å². The van der Waals surface area contributed by atoms with Gasteiger partial charge in [-0.25, -0.2) is 0 Å². The smallest absolute Gasteiger partial charge is 0.227 e. The summed E-state index contributed by atoms with van der Waals surface area (Å²) in [5.41, 5.74) is 0.789. The van der Waals surface area contributed by atoms with E-state index >= 15 is 0 Å². The van der Waals surface area contributed by atoms with Gasteiger partial charge in [0.2, 0.25) is 5.91 Å². The van der Waals surface area contributed by atoms with Crippen LogP contribution in [-0.4, -0.2) is 5.91 Å². The zero-order valence-corrected chi connectivity index (χ0v) is 8.81. The average molecular weight is 212 g/mol. The Morgan fingerprint density at radius 1 is 1.44 bits per heavy atom. The van der Waals surface area contributed by atoms with Gasteiger partial charge in [0.1, 0.15) is 6.04 Å². The topological polar surface area (TPSA) is 52.9 Å². The number of rotatable bonds is 3. The van der Waals surface area contributed by atoms with Gasteiger partial charge >= 0.3 is 0 Å². The number of nitrogens with zero attached hydrogens (tertiary/aromatic N) is 1.